The van der Waals surface area contributed by atoms with E-state index in [0.717, 1.165) is 10.5 Å². The number of carbonyl (C=O) groups is 1. The fourth-order valence-electron chi connectivity index (χ4n) is 1.23. The minimum absolute atomic E-state index is 0.416. The van der Waals surface area contributed by atoms with E-state index in [9.17, 15) is 13.6 Å². The quantitative estimate of drug-likeness (QED) is 0.848. The van der Waals surface area contributed by atoms with Crippen molar-refractivity contribution >= 4 is 11.7 Å². The van der Waals surface area contributed by atoms with Crippen molar-refractivity contribution in [3.8, 4) is 0 Å². The lowest BCUT2D eigenvalue weighted by molar-refractivity contribution is 0.111. The molecule has 0 spiro atoms. The largest absolute Gasteiger partial charge is 0.326 e. The van der Waals surface area contributed by atoms with Crippen LogP contribution < -0.4 is 11.1 Å². The molecule has 0 bridgehead atoms. The Morgan fingerprint density at radius 1 is 1.41 bits per heavy atom. The summed E-state index contributed by atoms with van der Waals surface area (Å²) in [5.41, 5.74) is 6.91. The van der Waals surface area contributed by atoms with Gasteiger partial charge in [-0.2, -0.15) is 0 Å². The molecule has 0 atom stereocenters. The predicted octanol–water partition coefficient (Wildman–Crippen LogP) is 1.87. The molecule has 0 saturated heterocycles. The molecule has 1 rings (SSSR count). The van der Waals surface area contributed by atoms with Gasteiger partial charge in [0.25, 0.3) is 6.43 Å². The van der Waals surface area contributed by atoms with Gasteiger partial charge in [-0.3, -0.25) is 0 Å². The van der Waals surface area contributed by atoms with E-state index >= 15 is 0 Å². The summed E-state index contributed by atoms with van der Waals surface area (Å²) < 4.78 is 24.1. The van der Waals surface area contributed by atoms with E-state index in [1.54, 1.807) is 24.3 Å². The maximum Gasteiger partial charge on any atom is 0.321 e. The number of nitrogens with two attached hydrogens (primary N) is 1. The molecule has 94 valence electrons. The molecule has 6 heteroatoms. The third-order valence-electron chi connectivity index (χ3n) is 2.20. The van der Waals surface area contributed by atoms with E-state index in [0.29, 0.717) is 12.2 Å². The SMILES string of the molecule is CN(CC(F)F)C(=O)Nc1ccc(CN)cc1. The van der Waals surface area contributed by atoms with Crippen LogP contribution >= 0.6 is 0 Å². The standard InChI is InChI=1S/C11H15F2N3O/c1-16(7-10(12)13)11(17)15-9-4-2-8(6-14)3-5-9/h2-5,10H,6-7,14H2,1H3,(H,15,17). The first kappa shape index (κ1) is 13.4. The van der Waals surface area contributed by atoms with Crippen molar-refractivity contribution in [1.29, 1.82) is 0 Å². The highest BCUT2D eigenvalue weighted by Crippen LogP contribution is 2.10. The summed E-state index contributed by atoms with van der Waals surface area (Å²) in [6, 6.07) is 6.32. The fourth-order valence-corrected chi connectivity index (χ4v) is 1.23. The summed E-state index contributed by atoms with van der Waals surface area (Å²) in [6.45, 7) is -0.174. The molecule has 0 fully saturated rings. The molecule has 3 N–H and O–H groups in total. The minimum atomic E-state index is -2.54. The highest BCUT2D eigenvalue weighted by atomic mass is 19.3. The Morgan fingerprint density at radius 3 is 2.47 bits per heavy atom. The molecule has 0 aromatic heterocycles. The summed E-state index contributed by atoms with van der Waals surface area (Å²) in [4.78, 5) is 12.4. The normalized spacial score (nSPS) is 10.4. The summed E-state index contributed by atoms with van der Waals surface area (Å²) in [5, 5.41) is 2.51. The molecule has 0 radical (unpaired) electrons. The van der Waals surface area contributed by atoms with Crippen LogP contribution in [0.5, 0.6) is 0 Å². The van der Waals surface area contributed by atoms with Crippen molar-refractivity contribution in [2.45, 2.75) is 13.0 Å². The van der Waals surface area contributed by atoms with Crippen molar-refractivity contribution in [3.05, 3.63) is 29.8 Å². The average molecular weight is 243 g/mol. The maximum absolute atomic E-state index is 12.0. The van der Waals surface area contributed by atoms with Crippen LogP contribution in [0.1, 0.15) is 5.56 Å². The topological polar surface area (TPSA) is 58.4 Å². The summed E-state index contributed by atoms with van der Waals surface area (Å²) in [6.07, 6.45) is -2.54. The highest BCUT2D eigenvalue weighted by Gasteiger charge is 2.13. The zero-order valence-electron chi connectivity index (χ0n) is 9.49. The van der Waals surface area contributed by atoms with Gasteiger partial charge in [-0.05, 0) is 17.7 Å². The maximum atomic E-state index is 12.0. The van der Waals surface area contributed by atoms with Gasteiger partial charge in [-0.25, -0.2) is 13.6 Å². The molecule has 0 heterocycles. The molecule has 1 aromatic rings. The lowest BCUT2D eigenvalue weighted by Gasteiger charge is -2.17. The van der Waals surface area contributed by atoms with Gasteiger partial charge >= 0.3 is 6.03 Å². The molecule has 17 heavy (non-hydrogen) atoms. The van der Waals surface area contributed by atoms with Gasteiger partial charge in [0, 0.05) is 19.3 Å². The highest BCUT2D eigenvalue weighted by molar-refractivity contribution is 5.89. The Bertz CT molecular complexity index is 367. The van der Waals surface area contributed by atoms with E-state index in [2.05, 4.69) is 5.32 Å². The molecule has 2 amide bonds. The van der Waals surface area contributed by atoms with E-state index in [4.69, 9.17) is 5.73 Å². The predicted molar refractivity (Wildman–Crippen MR) is 62.0 cm³/mol. The monoisotopic (exact) mass is 243 g/mol. The van der Waals surface area contributed by atoms with Crippen LogP contribution in [-0.4, -0.2) is 30.9 Å². The molecule has 0 saturated carbocycles. The number of halogens is 2. The third kappa shape index (κ3) is 4.36. The molecule has 0 unspecified atom stereocenters. The Hall–Kier alpha value is -1.69. The number of benzene rings is 1. The van der Waals surface area contributed by atoms with Crippen molar-refractivity contribution in [3.63, 3.8) is 0 Å². The number of amides is 2. The minimum Gasteiger partial charge on any atom is -0.326 e. The van der Waals surface area contributed by atoms with Crippen LogP contribution in [0.4, 0.5) is 19.3 Å². The second-order valence-electron chi connectivity index (χ2n) is 3.60. The molecular formula is C11H15F2N3O. The number of urea groups is 1. The summed E-state index contributed by atoms with van der Waals surface area (Å²) >= 11 is 0. The van der Waals surface area contributed by atoms with E-state index in [-0.39, 0.29) is 0 Å². The van der Waals surface area contributed by atoms with E-state index < -0.39 is 19.0 Å². The Morgan fingerprint density at radius 2 is 2.00 bits per heavy atom. The number of anilines is 1. The van der Waals surface area contributed by atoms with Crippen LogP contribution in [0.15, 0.2) is 24.3 Å². The van der Waals surface area contributed by atoms with Crippen LogP contribution in [0.2, 0.25) is 0 Å². The van der Waals surface area contributed by atoms with E-state index in [1.165, 1.54) is 7.05 Å². The lowest BCUT2D eigenvalue weighted by atomic mass is 10.2. The van der Waals surface area contributed by atoms with Gasteiger partial charge in [0.15, 0.2) is 0 Å². The zero-order valence-corrected chi connectivity index (χ0v) is 9.49. The van der Waals surface area contributed by atoms with Crippen LogP contribution in [0.25, 0.3) is 0 Å². The van der Waals surface area contributed by atoms with Crippen LogP contribution in [-0.2, 0) is 6.54 Å². The van der Waals surface area contributed by atoms with Gasteiger partial charge in [0.05, 0.1) is 6.54 Å². The van der Waals surface area contributed by atoms with Gasteiger partial charge < -0.3 is 16.0 Å². The van der Waals surface area contributed by atoms with Crippen LogP contribution in [0, 0.1) is 0 Å². The lowest BCUT2D eigenvalue weighted by Crippen LogP contribution is -2.34. The molecule has 4 nitrogen and oxygen atoms in total. The first-order valence-electron chi connectivity index (χ1n) is 5.12. The van der Waals surface area contributed by atoms with Crippen molar-refractivity contribution in [2.75, 3.05) is 18.9 Å². The molecular weight excluding hydrogens is 228 g/mol. The number of hydrogen-bond acceptors (Lipinski definition) is 2. The van der Waals surface area contributed by atoms with Crippen molar-refractivity contribution in [2.24, 2.45) is 5.73 Å². The number of rotatable bonds is 4. The van der Waals surface area contributed by atoms with Gasteiger partial charge in [0.1, 0.15) is 0 Å². The second kappa shape index (κ2) is 6.15. The number of nitrogens with zero attached hydrogens (tertiary/aromatic N) is 1. The summed E-state index contributed by atoms with van der Waals surface area (Å²) in [7, 11) is 1.32. The Kier molecular flexibility index (Phi) is 4.84. The van der Waals surface area contributed by atoms with Crippen molar-refractivity contribution in [1.82, 2.24) is 4.90 Å². The molecule has 0 aliphatic carbocycles. The average Bonchev–Trinajstić information content (AvgIpc) is 2.29. The van der Waals surface area contributed by atoms with Gasteiger partial charge in [-0.15, -0.1) is 0 Å². The Labute approximate surface area is 98.4 Å². The fraction of sp³-hybridized carbons (Fsp3) is 0.364. The smallest absolute Gasteiger partial charge is 0.321 e. The Balaban J connectivity index is 2.55. The van der Waals surface area contributed by atoms with Crippen molar-refractivity contribution < 1.29 is 13.6 Å². The molecule has 0 aliphatic heterocycles. The first-order valence-corrected chi connectivity index (χ1v) is 5.12. The summed E-state index contributed by atoms with van der Waals surface area (Å²) in [5.74, 6) is 0. The van der Waals surface area contributed by atoms with E-state index in [1.807, 2.05) is 0 Å². The zero-order chi connectivity index (χ0) is 12.8. The molecule has 0 aliphatic rings. The third-order valence-corrected chi connectivity index (χ3v) is 2.20. The number of carbonyl (C=O) groups excluding carboxylic acids is 1. The first-order chi connectivity index (χ1) is 8.02. The van der Waals surface area contributed by atoms with Gasteiger partial charge in [0.2, 0.25) is 0 Å². The number of nitrogens with one attached hydrogen (secondary N) is 1. The second-order valence-corrected chi connectivity index (χ2v) is 3.60. The number of alkyl halides is 2. The van der Waals surface area contributed by atoms with Crippen LogP contribution in [0.3, 0.4) is 0 Å². The number of hydrogen-bond donors (Lipinski definition) is 2. The molecule has 1 aromatic carbocycles. The van der Waals surface area contributed by atoms with Gasteiger partial charge in [-0.1, -0.05) is 12.1 Å².